The number of esters is 1. The fourth-order valence-electron chi connectivity index (χ4n) is 1.54. The maximum atomic E-state index is 11.5. The molecule has 9 heteroatoms. The number of aromatic nitrogens is 1. The maximum Gasteiger partial charge on any atom is 0.332 e. The molecule has 1 heterocycles. The van der Waals surface area contributed by atoms with Crippen LogP contribution in [0.4, 0.5) is 5.69 Å². The first-order chi connectivity index (χ1) is 9.35. The molecule has 0 aliphatic carbocycles. The van der Waals surface area contributed by atoms with Crippen molar-refractivity contribution in [3.05, 3.63) is 38.8 Å². The number of rotatable bonds is 5. The number of carbonyl (C=O) groups excluding carboxylic acids is 2. The Hall–Kier alpha value is -2.71. The molecule has 108 valence electrons. The fraction of sp³-hybridized carbons (Fsp3) is 0.364. The van der Waals surface area contributed by atoms with Crippen molar-refractivity contribution < 1.29 is 19.2 Å². The highest BCUT2D eigenvalue weighted by molar-refractivity contribution is 5.83. The lowest BCUT2D eigenvalue weighted by atomic mass is 10.2. The summed E-state index contributed by atoms with van der Waals surface area (Å²) < 4.78 is 5.79. The Balaban J connectivity index is 3.02. The second-order valence-corrected chi connectivity index (χ2v) is 3.92. The number of hydrogen-bond donors (Lipinski definition) is 1. The number of nitrogens with zero attached hydrogens (tertiary/aromatic N) is 2. The first-order valence-electron chi connectivity index (χ1n) is 5.54. The van der Waals surface area contributed by atoms with Crippen LogP contribution in [-0.4, -0.2) is 34.5 Å². The van der Waals surface area contributed by atoms with Gasteiger partial charge in [-0.15, -0.1) is 0 Å². The summed E-state index contributed by atoms with van der Waals surface area (Å²) in [6.45, 7) is 1.14. The van der Waals surface area contributed by atoms with E-state index in [-0.39, 0.29) is 6.54 Å². The summed E-state index contributed by atoms with van der Waals surface area (Å²) in [4.78, 5) is 43.6. The minimum atomic E-state index is -1.00. The molecule has 20 heavy (non-hydrogen) atoms. The van der Waals surface area contributed by atoms with E-state index < -0.39 is 34.0 Å². The Labute approximate surface area is 113 Å². The summed E-state index contributed by atoms with van der Waals surface area (Å²) in [5.41, 5.74) is -1.35. The van der Waals surface area contributed by atoms with Crippen molar-refractivity contribution >= 4 is 17.6 Å². The molecule has 0 spiro atoms. The lowest BCUT2D eigenvalue weighted by Gasteiger charge is -2.16. The molecule has 0 aromatic carbocycles. The minimum absolute atomic E-state index is 0.0899. The molecule has 9 nitrogen and oxygen atoms in total. The van der Waals surface area contributed by atoms with Gasteiger partial charge < -0.3 is 14.6 Å². The molecule has 1 N–H and O–H groups in total. The summed E-state index contributed by atoms with van der Waals surface area (Å²) in [6.07, 6.45) is 2.28. The van der Waals surface area contributed by atoms with E-state index in [1.54, 1.807) is 0 Å². The van der Waals surface area contributed by atoms with E-state index in [1.807, 2.05) is 0 Å². The van der Waals surface area contributed by atoms with Crippen LogP contribution < -0.4 is 10.7 Å². The van der Waals surface area contributed by atoms with E-state index in [4.69, 9.17) is 0 Å². The standard InChI is InChI=1S/C11H13N3O6/c1-7(15)12-8(11(17)20-2)5-13-4-3-10(16)9(6-13)14(18)19/h3-4,6,8H,5H2,1-2H3,(H,12,15). The quantitative estimate of drug-likeness (QED) is 0.439. The second-order valence-electron chi connectivity index (χ2n) is 3.92. The summed E-state index contributed by atoms with van der Waals surface area (Å²) >= 11 is 0. The van der Waals surface area contributed by atoms with Gasteiger partial charge in [-0.2, -0.15) is 0 Å². The smallest absolute Gasteiger partial charge is 0.332 e. The highest BCUT2D eigenvalue weighted by atomic mass is 16.6. The van der Waals surface area contributed by atoms with E-state index in [1.165, 1.54) is 17.7 Å². The number of pyridine rings is 1. The molecule has 1 aromatic rings. The number of hydrogen-bond acceptors (Lipinski definition) is 6. The van der Waals surface area contributed by atoms with Crippen molar-refractivity contribution in [1.82, 2.24) is 9.88 Å². The van der Waals surface area contributed by atoms with Gasteiger partial charge in [0.2, 0.25) is 5.91 Å². The van der Waals surface area contributed by atoms with Gasteiger partial charge in [-0.3, -0.25) is 19.7 Å². The molecule has 1 amide bonds. The van der Waals surface area contributed by atoms with E-state index in [9.17, 15) is 24.5 Å². The van der Waals surface area contributed by atoms with E-state index >= 15 is 0 Å². The number of nitro groups is 1. The number of ether oxygens (including phenoxy) is 1. The maximum absolute atomic E-state index is 11.5. The van der Waals surface area contributed by atoms with Gasteiger partial charge in [0.1, 0.15) is 6.04 Å². The molecule has 1 atom stereocenters. The third-order valence-corrected chi connectivity index (χ3v) is 2.41. The summed E-state index contributed by atoms with van der Waals surface area (Å²) in [7, 11) is 1.16. The van der Waals surface area contributed by atoms with Crippen LogP contribution in [0.15, 0.2) is 23.3 Å². The third kappa shape index (κ3) is 3.90. The zero-order valence-corrected chi connectivity index (χ0v) is 10.9. The normalized spacial score (nSPS) is 11.5. The Kier molecular flexibility index (Phi) is 4.95. The molecule has 0 aliphatic rings. The lowest BCUT2D eigenvalue weighted by Crippen LogP contribution is -2.43. The minimum Gasteiger partial charge on any atom is -0.467 e. The van der Waals surface area contributed by atoms with Gasteiger partial charge in [0.25, 0.3) is 5.43 Å². The Bertz CT molecular complexity index is 594. The Morgan fingerprint density at radius 1 is 1.55 bits per heavy atom. The van der Waals surface area contributed by atoms with E-state index in [2.05, 4.69) is 10.1 Å². The molecule has 1 aromatic heterocycles. The van der Waals surface area contributed by atoms with E-state index in [0.717, 1.165) is 19.4 Å². The highest BCUT2D eigenvalue weighted by Crippen LogP contribution is 2.04. The monoisotopic (exact) mass is 283 g/mol. The van der Waals surface area contributed by atoms with Crippen LogP contribution in [-0.2, 0) is 20.9 Å². The molecule has 1 unspecified atom stereocenters. The predicted molar refractivity (Wildman–Crippen MR) is 67.0 cm³/mol. The molecule has 0 saturated carbocycles. The zero-order chi connectivity index (χ0) is 15.3. The summed E-state index contributed by atoms with van der Waals surface area (Å²) in [5.74, 6) is -1.14. The van der Waals surface area contributed by atoms with Gasteiger partial charge in [0, 0.05) is 19.2 Å². The Morgan fingerprint density at radius 2 is 2.20 bits per heavy atom. The summed E-state index contributed by atoms with van der Waals surface area (Å²) in [6, 6.07) is 0.0138. The first-order valence-corrected chi connectivity index (χ1v) is 5.54. The van der Waals surface area contributed by atoms with Gasteiger partial charge in [0.15, 0.2) is 0 Å². The molecule has 0 aliphatic heterocycles. The highest BCUT2D eigenvalue weighted by Gasteiger charge is 2.21. The average Bonchev–Trinajstić information content (AvgIpc) is 2.38. The van der Waals surface area contributed by atoms with Crippen LogP contribution in [0, 0.1) is 10.1 Å². The number of carbonyl (C=O) groups is 2. The third-order valence-electron chi connectivity index (χ3n) is 2.41. The van der Waals surface area contributed by atoms with Crippen molar-refractivity contribution in [2.75, 3.05) is 7.11 Å². The van der Waals surface area contributed by atoms with Crippen LogP contribution in [0.5, 0.6) is 0 Å². The van der Waals surface area contributed by atoms with Gasteiger partial charge in [0.05, 0.1) is 24.8 Å². The average molecular weight is 283 g/mol. The largest absolute Gasteiger partial charge is 0.467 e. The van der Waals surface area contributed by atoms with Crippen LogP contribution in [0.1, 0.15) is 6.92 Å². The molecule has 0 bridgehead atoms. The number of methoxy groups -OCH3 is 1. The topological polar surface area (TPSA) is 121 Å². The zero-order valence-electron chi connectivity index (χ0n) is 10.9. The molecule has 1 rings (SSSR count). The lowest BCUT2D eigenvalue weighted by molar-refractivity contribution is -0.386. The van der Waals surface area contributed by atoms with Crippen LogP contribution in [0.2, 0.25) is 0 Å². The van der Waals surface area contributed by atoms with Gasteiger partial charge in [-0.1, -0.05) is 0 Å². The van der Waals surface area contributed by atoms with Gasteiger partial charge in [-0.25, -0.2) is 4.79 Å². The fourth-order valence-corrected chi connectivity index (χ4v) is 1.54. The van der Waals surface area contributed by atoms with Crippen molar-refractivity contribution in [2.45, 2.75) is 19.5 Å². The van der Waals surface area contributed by atoms with Crippen LogP contribution >= 0.6 is 0 Å². The van der Waals surface area contributed by atoms with Gasteiger partial charge in [-0.05, 0) is 0 Å². The first kappa shape index (κ1) is 15.3. The van der Waals surface area contributed by atoms with Crippen LogP contribution in [0.25, 0.3) is 0 Å². The predicted octanol–water partition coefficient (Wildman–Crippen LogP) is -0.566. The molecular weight excluding hydrogens is 270 g/mol. The van der Waals surface area contributed by atoms with Crippen molar-refractivity contribution in [2.24, 2.45) is 0 Å². The summed E-state index contributed by atoms with van der Waals surface area (Å²) in [5, 5.41) is 13.0. The van der Waals surface area contributed by atoms with Crippen molar-refractivity contribution in [3.8, 4) is 0 Å². The van der Waals surface area contributed by atoms with Crippen molar-refractivity contribution in [3.63, 3.8) is 0 Å². The molecule has 0 radical (unpaired) electrons. The van der Waals surface area contributed by atoms with Crippen LogP contribution in [0.3, 0.4) is 0 Å². The van der Waals surface area contributed by atoms with Crippen molar-refractivity contribution in [1.29, 1.82) is 0 Å². The van der Waals surface area contributed by atoms with Gasteiger partial charge >= 0.3 is 11.7 Å². The number of amides is 1. The number of nitrogens with one attached hydrogen (secondary N) is 1. The molecular formula is C11H13N3O6. The molecule has 0 saturated heterocycles. The SMILES string of the molecule is COC(=O)C(Cn1ccc(=O)c([N+](=O)[O-])c1)NC(C)=O. The molecule has 0 fully saturated rings. The Morgan fingerprint density at radius 3 is 2.70 bits per heavy atom. The van der Waals surface area contributed by atoms with E-state index in [0.29, 0.717) is 0 Å². The second kappa shape index (κ2) is 6.45.